The quantitative estimate of drug-likeness (QED) is 0.901. The molecule has 3 heterocycles. The Morgan fingerprint density at radius 1 is 1.16 bits per heavy atom. The molecule has 3 saturated heterocycles. The third-order valence-corrected chi connectivity index (χ3v) is 5.53. The molecule has 0 aromatic heterocycles. The van der Waals surface area contributed by atoms with Crippen molar-refractivity contribution >= 4 is 17.5 Å². The monoisotopic (exact) mass is 343 g/mol. The number of ether oxygens (including phenoxy) is 1. The zero-order chi connectivity index (χ0) is 17.2. The summed E-state index contributed by atoms with van der Waals surface area (Å²) in [6.45, 7) is 2.74. The molecule has 4 rings (SSSR count). The van der Waals surface area contributed by atoms with Crippen molar-refractivity contribution < 1.29 is 14.3 Å². The van der Waals surface area contributed by atoms with Crippen LogP contribution in [0.2, 0.25) is 0 Å². The van der Waals surface area contributed by atoms with Crippen molar-refractivity contribution in [3.8, 4) is 5.75 Å². The summed E-state index contributed by atoms with van der Waals surface area (Å²) >= 11 is 0. The van der Waals surface area contributed by atoms with Crippen LogP contribution in [0.25, 0.3) is 0 Å². The van der Waals surface area contributed by atoms with E-state index in [0.29, 0.717) is 24.3 Å². The summed E-state index contributed by atoms with van der Waals surface area (Å²) in [6, 6.07) is 8.14. The van der Waals surface area contributed by atoms with Gasteiger partial charge < -0.3 is 19.9 Å². The third-order valence-electron chi connectivity index (χ3n) is 5.53. The molecule has 25 heavy (non-hydrogen) atoms. The highest BCUT2D eigenvalue weighted by molar-refractivity contribution is 5.95. The van der Waals surface area contributed by atoms with Gasteiger partial charge in [0, 0.05) is 37.3 Å². The zero-order valence-electron chi connectivity index (χ0n) is 14.4. The summed E-state index contributed by atoms with van der Waals surface area (Å²) < 4.78 is 5.72. The van der Waals surface area contributed by atoms with Crippen LogP contribution in [-0.4, -0.2) is 55.0 Å². The van der Waals surface area contributed by atoms with Crippen molar-refractivity contribution in [1.29, 1.82) is 0 Å². The lowest BCUT2D eigenvalue weighted by Gasteiger charge is -2.27. The van der Waals surface area contributed by atoms with E-state index in [9.17, 15) is 9.59 Å². The van der Waals surface area contributed by atoms with Gasteiger partial charge in [0.15, 0.2) is 6.61 Å². The summed E-state index contributed by atoms with van der Waals surface area (Å²) in [6.07, 6.45) is 4.76. The Morgan fingerprint density at radius 2 is 1.96 bits per heavy atom. The van der Waals surface area contributed by atoms with Gasteiger partial charge in [-0.25, -0.2) is 0 Å². The van der Waals surface area contributed by atoms with Crippen LogP contribution in [-0.2, 0) is 9.59 Å². The van der Waals surface area contributed by atoms with E-state index in [-0.39, 0.29) is 18.4 Å². The highest BCUT2D eigenvalue weighted by Gasteiger charge is 2.37. The molecule has 3 fully saturated rings. The lowest BCUT2D eigenvalue weighted by Crippen LogP contribution is -2.44. The van der Waals surface area contributed by atoms with E-state index in [4.69, 9.17) is 4.74 Å². The number of anilines is 1. The number of nitrogens with zero attached hydrogens (tertiary/aromatic N) is 2. The first-order chi connectivity index (χ1) is 12.2. The maximum atomic E-state index is 12.6. The maximum absolute atomic E-state index is 12.6. The van der Waals surface area contributed by atoms with Crippen LogP contribution in [0.3, 0.4) is 0 Å². The molecule has 6 heteroatoms. The Bertz CT molecular complexity index is 632. The number of hydrogen-bond donors (Lipinski definition) is 1. The number of hydrogen-bond acceptors (Lipinski definition) is 4. The molecular weight excluding hydrogens is 318 g/mol. The lowest BCUT2D eigenvalue weighted by atomic mass is 10.1. The maximum Gasteiger partial charge on any atom is 0.261 e. The normalized spacial score (nSPS) is 26.0. The van der Waals surface area contributed by atoms with E-state index in [1.54, 1.807) is 4.90 Å². The first-order valence-electron chi connectivity index (χ1n) is 9.27. The van der Waals surface area contributed by atoms with Gasteiger partial charge in [-0.2, -0.15) is 0 Å². The molecule has 2 atom stereocenters. The molecule has 1 aromatic carbocycles. The molecule has 3 aliphatic rings. The molecule has 3 aliphatic heterocycles. The predicted octanol–water partition coefficient (Wildman–Crippen LogP) is 1.55. The number of carbonyl (C=O) groups excluding carboxylic acids is 2. The topological polar surface area (TPSA) is 61.9 Å². The first-order valence-corrected chi connectivity index (χ1v) is 9.27. The molecule has 134 valence electrons. The van der Waals surface area contributed by atoms with Crippen LogP contribution < -0.4 is 15.0 Å². The predicted molar refractivity (Wildman–Crippen MR) is 94.7 cm³/mol. The minimum absolute atomic E-state index is 0.0784. The van der Waals surface area contributed by atoms with Gasteiger partial charge in [-0.1, -0.05) is 0 Å². The Kier molecular flexibility index (Phi) is 4.61. The summed E-state index contributed by atoms with van der Waals surface area (Å²) in [5.41, 5.74) is 0.901. The van der Waals surface area contributed by atoms with E-state index in [1.807, 2.05) is 29.2 Å². The minimum atomic E-state index is 0.0784. The first kappa shape index (κ1) is 16.4. The van der Waals surface area contributed by atoms with Crippen LogP contribution in [0.15, 0.2) is 24.3 Å². The average molecular weight is 343 g/mol. The molecule has 6 nitrogen and oxygen atoms in total. The highest BCUT2D eigenvalue weighted by atomic mass is 16.5. The van der Waals surface area contributed by atoms with Gasteiger partial charge >= 0.3 is 0 Å². The Morgan fingerprint density at radius 3 is 2.72 bits per heavy atom. The van der Waals surface area contributed by atoms with Crippen LogP contribution in [0.4, 0.5) is 5.69 Å². The van der Waals surface area contributed by atoms with E-state index in [1.165, 1.54) is 0 Å². The second-order valence-electron chi connectivity index (χ2n) is 7.11. The van der Waals surface area contributed by atoms with E-state index in [0.717, 1.165) is 51.0 Å². The summed E-state index contributed by atoms with van der Waals surface area (Å²) in [5, 5.41) is 3.41. The Labute approximate surface area is 148 Å². The van der Waals surface area contributed by atoms with Gasteiger partial charge in [0.25, 0.3) is 5.91 Å². The second kappa shape index (κ2) is 7.04. The molecule has 0 saturated carbocycles. The molecule has 0 spiro atoms. The molecule has 0 aliphatic carbocycles. The van der Waals surface area contributed by atoms with Crippen molar-refractivity contribution in [2.45, 2.75) is 44.2 Å². The Hall–Kier alpha value is -2.08. The van der Waals surface area contributed by atoms with Gasteiger partial charge in [-0.15, -0.1) is 0 Å². The second-order valence-corrected chi connectivity index (χ2v) is 7.11. The van der Waals surface area contributed by atoms with Crippen molar-refractivity contribution in [2.24, 2.45) is 0 Å². The van der Waals surface area contributed by atoms with Crippen molar-refractivity contribution in [3.05, 3.63) is 24.3 Å². The smallest absolute Gasteiger partial charge is 0.261 e. The van der Waals surface area contributed by atoms with Gasteiger partial charge in [-0.05, 0) is 56.5 Å². The number of amides is 2. The molecule has 0 radical (unpaired) electrons. The van der Waals surface area contributed by atoms with Gasteiger partial charge in [0.2, 0.25) is 5.91 Å². The number of nitrogens with one attached hydrogen (secondary N) is 1. The molecular formula is C19H25N3O3. The van der Waals surface area contributed by atoms with Crippen molar-refractivity contribution in [1.82, 2.24) is 10.2 Å². The van der Waals surface area contributed by atoms with Gasteiger partial charge in [0.05, 0.1) is 0 Å². The minimum Gasteiger partial charge on any atom is -0.484 e. The molecule has 2 bridgehead atoms. The summed E-state index contributed by atoms with van der Waals surface area (Å²) in [5.74, 6) is 0.924. The molecule has 2 amide bonds. The van der Waals surface area contributed by atoms with Gasteiger partial charge in [0.1, 0.15) is 5.75 Å². The average Bonchev–Trinajstić information content (AvgIpc) is 3.15. The van der Waals surface area contributed by atoms with Crippen molar-refractivity contribution in [3.63, 3.8) is 0 Å². The molecule has 1 aromatic rings. The fourth-order valence-corrected chi connectivity index (χ4v) is 4.25. The number of fused-ring (bicyclic) bond motifs is 2. The van der Waals surface area contributed by atoms with E-state index >= 15 is 0 Å². The van der Waals surface area contributed by atoms with E-state index < -0.39 is 0 Å². The summed E-state index contributed by atoms with van der Waals surface area (Å²) in [7, 11) is 0. The van der Waals surface area contributed by atoms with E-state index in [2.05, 4.69) is 5.32 Å². The Balaban J connectivity index is 1.35. The largest absolute Gasteiger partial charge is 0.484 e. The zero-order valence-corrected chi connectivity index (χ0v) is 14.4. The summed E-state index contributed by atoms with van der Waals surface area (Å²) in [4.78, 5) is 28.3. The standard InChI is InChI=1S/C19H25N3O3/c23-18-2-1-11-21(18)14-5-7-17(8-6-14)25-13-19(24)22-15-3-4-16(22)12-20-10-9-15/h5-8,15-16,20H,1-4,9-13H2. The van der Waals surface area contributed by atoms with Crippen LogP contribution >= 0.6 is 0 Å². The molecule has 2 unspecified atom stereocenters. The lowest BCUT2D eigenvalue weighted by molar-refractivity contribution is -0.136. The molecule has 1 N–H and O–H groups in total. The number of carbonyl (C=O) groups is 2. The number of benzene rings is 1. The van der Waals surface area contributed by atoms with Gasteiger partial charge in [-0.3, -0.25) is 9.59 Å². The SMILES string of the molecule is O=C1CCCN1c1ccc(OCC(=O)N2C3CCNCC2CC3)cc1. The van der Waals surface area contributed by atoms with Crippen LogP contribution in [0.1, 0.15) is 32.1 Å². The highest BCUT2D eigenvalue weighted by Crippen LogP contribution is 2.28. The van der Waals surface area contributed by atoms with Crippen LogP contribution in [0.5, 0.6) is 5.75 Å². The number of rotatable bonds is 4. The third kappa shape index (κ3) is 3.35. The van der Waals surface area contributed by atoms with Crippen LogP contribution in [0, 0.1) is 0 Å². The fraction of sp³-hybridized carbons (Fsp3) is 0.579. The van der Waals surface area contributed by atoms with Crippen molar-refractivity contribution in [2.75, 3.05) is 31.1 Å². The fourth-order valence-electron chi connectivity index (χ4n) is 4.25.